The number of ketones is 1. The summed E-state index contributed by atoms with van der Waals surface area (Å²) in [6.07, 6.45) is -4.93. The van der Waals surface area contributed by atoms with Gasteiger partial charge in [-0.15, -0.1) is 0 Å². The van der Waals surface area contributed by atoms with Gasteiger partial charge in [0.2, 0.25) is 0 Å². The van der Waals surface area contributed by atoms with E-state index in [0.29, 0.717) is 0 Å². The highest BCUT2D eigenvalue weighted by Crippen LogP contribution is 2.17. The number of rotatable bonds is 5. The Morgan fingerprint density at radius 3 is 2.42 bits per heavy atom. The van der Waals surface area contributed by atoms with E-state index >= 15 is 0 Å². The molecule has 2 nitrogen and oxygen atoms in total. The van der Waals surface area contributed by atoms with Gasteiger partial charge in [-0.2, -0.15) is 13.2 Å². The van der Waals surface area contributed by atoms with Crippen LogP contribution >= 0.6 is 0 Å². The van der Waals surface area contributed by atoms with E-state index in [1.807, 2.05) is 0 Å². The number of hydrogen-bond donors (Lipinski definition) is 0. The van der Waals surface area contributed by atoms with Crippen molar-refractivity contribution in [3.63, 3.8) is 0 Å². The Labute approximate surface area is 106 Å². The zero-order valence-corrected chi connectivity index (χ0v) is 9.98. The maximum atomic E-state index is 13.4. The van der Waals surface area contributed by atoms with E-state index in [-0.39, 0.29) is 5.56 Å². The van der Waals surface area contributed by atoms with Gasteiger partial charge >= 0.3 is 6.18 Å². The summed E-state index contributed by atoms with van der Waals surface area (Å²) in [5.41, 5.74) is -0.443. The first kappa shape index (κ1) is 15.6. The molecule has 1 rings (SSSR count). The van der Waals surface area contributed by atoms with Gasteiger partial charge in [0.15, 0.2) is 5.78 Å². The van der Waals surface area contributed by atoms with Crippen LogP contribution in [0.1, 0.15) is 22.3 Å². The zero-order valence-electron chi connectivity index (χ0n) is 9.98. The normalized spacial score (nSPS) is 11.7. The fraction of sp³-hybridized carbons (Fsp3) is 0.417. The summed E-state index contributed by atoms with van der Waals surface area (Å²) >= 11 is 0. The summed E-state index contributed by atoms with van der Waals surface area (Å²) in [5, 5.41) is 0. The van der Waals surface area contributed by atoms with Gasteiger partial charge in [-0.1, -0.05) is 0 Å². The van der Waals surface area contributed by atoms with Gasteiger partial charge in [-0.25, -0.2) is 8.78 Å². The predicted molar refractivity (Wildman–Crippen MR) is 56.9 cm³/mol. The highest BCUT2D eigenvalue weighted by molar-refractivity contribution is 5.96. The number of carbonyl (C=O) groups is 1. The molecule has 0 spiro atoms. The number of aryl methyl sites for hydroxylation is 1. The lowest BCUT2D eigenvalue weighted by Crippen LogP contribution is -2.18. The average molecular weight is 282 g/mol. The minimum absolute atomic E-state index is 0.0439. The number of alkyl halides is 3. The van der Waals surface area contributed by atoms with Crippen molar-refractivity contribution in [1.82, 2.24) is 0 Å². The Kier molecular flexibility index (Phi) is 4.99. The van der Waals surface area contributed by atoms with Gasteiger partial charge in [-0.3, -0.25) is 4.79 Å². The molecule has 106 valence electrons. The molecule has 0 aliphatic heterocycles. The van der Waals surface area contributed by atoms with Crippen LogP contribution in [0.15, 0.2) is 12.1 Å². The van der Waals surface area contributed by atoms with E-state index < -0.39 is 48.8 Å². The molecule has 7 heteroatoms. The molecule has 0 unspecified atom stereocenters. The van der Waals surface area contributed by atoms with Crippen molar-refractivity contribution in [2.75, 3.05) is 13.2 Å². The molecular weight excluding hydrogens is 271 g/mol. The Bertz CT molecular complexity index is 468. The SMILES string of the molecule is Cc1cc(F)c(C(=O)CCOCC(F)(F)F)cc1F. The number of benzene rings is 1. The van der Waals surface area contributed by atoms with Crippen LogP contribution in [-0.2, 0) is 4.74 Å². The fourth-order valence-electron chi connectivity index (χ4n) is 1.35. The third-order valence-electron chi connectivity index (χ3n) is 2.29. The standard InChI is InChI=1S/C12H11F5O2/c1-7-4-10(14)8(5-9(7)13)11(18)2-3-19-6-12(15,16)17/h4-5H,2-3,6H2,1H3. The van der Waals surface area contributed by atoms with Gasteiger partial charge in [0, 0.05) is 6.42 Å². The van der Waals surface area contributed by atoms with Crippen LogP contribution in [0.25, 0.3) is 0 Å². The van der Waals surface area contributed by atoms with Crippen LogP contribution < -0.4 is 0 Å². The Hall–Kier alpha value is -1.50. The summed E-state index contributed by atoms with van der Waals surface area (Å²) < 4.78 is 66.0. The lowest BCUT2D eigenvalue weighted by molar-refractivity contribution is -0.173. The smallest absolute Gasteiger partial charge is 0.372 e. The van der Waals surface area contributed by atoms with Crippen LogP contribution in [0, 0.1) is 18.6 Å². The van der Waals surface area contributed by atoms with Crippen molar-refractivity contribution in [2.45, 2.75) is 19.5 Å². The van der Waals surface area contributed by atoms with Crippen molar-refractivity contribution >= 4 is 5.78 Å². The van der Waals surface area contributed by atoms with Crippen LogP contribution in [0.4, 0.5) is 22.0 Å². The maximum Gasteiger partial charge on any atom is 0.411 e. The first-order valence-electron chi connectivity index (χ1n) is 5.34. The van der Waals surface area contributed by atoms with E-state index in [9.17, 15) is 26.7 Å². The number of halogens is 5. The van der Waals surface area contributed by atoms with Gasteiger partial charge in [0.05, 0.1) is 12.2 Å². The molecule has 0 heterocycles. The first-order chi connectivity index (χ1) is 8.70. The quantitative estimate of drug-likeness (QED) is 0.470. The molecule has 0 fully saturated rings. The monoisotopic (exact) mass is 282 g/mol. The lowest BCUT2D eigenvalue weighted by atomic mass is 10.1. The molecule has 0 N–H and O–H groups in total. The molecule has 0 aliphatic rings. The largest absolute Gasteiger partial charge is 0.411 e. The first-order valence-corrected chi connectivity index (χ1v) is 5.34. The van der Waals surface area contributed by atoms with Gasteiger partial charge < -0.3 is 4.74 Å². The van der Waals surface area contributed by atoms with Crippen molar-refractivity contribution < 1.29 is 31.5 Å². The highest BCUT2D eigenvalue weighted by Gasteiger charge is 2.27. The van der Waals surface area contributed by atoms with E-state index in [1.54, 1.807) is 0 Å². The lowest BCUT2D eigenvalue weighted by Gasteiger charge is -2.08. The average Bonchev–Trinajstić information content (AvgIpc) is 2.28. The van der Waals surface area contributed by atoms with Crippen molar-refractivity contribution in [2.24, 2.45) is 0 Å². The topological polar surface area (TPSA) is 26.3 Å². The molecule has 0 aliphatic carbocycles. The predicted octanol–water partition coefficient (Wildman–Crippen LogP) is 3.42. The molecule has 0 aromatic heterocycles. The maximum absolute atomic E-state index is 13.4. The second kappa shape index (κ2) is 6.10. The number of Topliss-reactive ketones (excluding diaryl/α,β-unsaturated/α-hetero) is 1. The molecule has 0 saturated carbocycles. The molecule has 0 atom stereocenters. The number of ether oxygens (including phenoxy) is 1. The van der Waals surface area contributed by atoms with E-state index in [4.69, 9.17) is 0 Å². The molecule has 1 aromatic rings. The summed E-state index contributed by atoms with van der Waals surface area (Å²) in [6.45, 7) is -0.655. The summed E-state index contributed by atoms with van der Waals surface area (Å²) in [5.74, 6) is -2.46. The molecule has 19 heavy (non-hydrogen) atoms. The molecule has 0 saturated heterocycles. The Balaban J connectivity index is 2.57. The third kappa shape index (κ3) is 4.94. The summed E-state index contributed by atoms with van der Waals surface area (Å²) in [7, 11) is 0. The second-order valence-corrected chi connectivity index (χ2v) is 3.92. The molecule has 1 aromatic carbocycles. The van der Waals surface area contributed by atoms with Crippen molar-refractivity contribution in [3.8, 4) is 0 Å². The van der Waals surface area contributed by atoms with Crippen molar-refractivity contribution in [1.29, 1.82) is 0 Å². The second-order valence-electron chi connectivity index (χ2n) is 3.92. The fourth-order valence-corrected chi connectivity index (χ4v) is 1.35. The van der Waals surface area contributed by atoms with Crippen LogP contribution in [0.5, 0.6) is 0 Å². The third-order valence-corrected chi connectivity index (χ3v) is 2.29. The minimum Gasteiger partial charge on any atom is -0.372 e. The Morgan fingerprint density at radius 2 is 1.84 bits per heavy atom. The Morgan fingerprint density at radius 1 is 1.21 bits per heavy atom. The number of hydrogen-bond acceptors (Lipinski definition) is 2. The van der Waals surface area contributed by atoms with Gasteiger partial charge in [-0.05, 0) is 24.6 Å². The van der Waals surface area contributed by atoms with Gasteiger partial charge in [0.25, 0.3) is 0 Å². The molecule has 0 bridgehead atoms. The van der Waals surface area contributed by atoms with E-state index in [0.717, 1.165) is 12.1 Å². The number of carbonyl (C=O) groups excluding carboxylic acids is 1. The molecule has 0 radical (unpaired) electrons. The van der Waals surface area contributed by atoms with E-state index in [1.165, 1.54) is 6.92 Å². The minimum atomic E-state index is -4.48. The summed E-state index contributed by atoms with van der Waals surface area (Å²) in [4.78, 5) is 11.5. The van der Waals surface area contributed by atoms with Gasteiger partial charge in [0.1, 0.15) is 18.2 Å². The van der Waals surface area contributed by atoms with Crippen molar-refractivity contribution in [3.05, 3.63) is 34.9 Å². The van der Waals surface area contributed by atoms with Crippen LogP contribution in [-0.4, -0.2) is 25.2 Å². The molecule has 0 amide bonds. The molecular formula is C12H11F5O2. The van der Waals surface area contributed by atoms with Crippen LogP contribution in [0.3, 0.4) is 0 Å². The van der Waals surface area contributed by atoms with Crippen LogP contribution in [0.2, 0.25) is 0 Å². The summed E-state index contributed by atoms with van der Waals surface area (Å²) in [6, 6.07) is 1.59. The zero-order chi connectivity index (χ0) is 14.6. The van der Waals surface area contributed by atoms with E-state index in [2.05, 4.69) is 4.74 Å². The highest BCUT2D eigenvalue weighted by atomic mass is 19.4.